The monoisotopic (exact) mass is 410 g/mol. The Morgan fingerprint density at radius 1 is 1.07 bits per heavy atom. The smallest absolute Gasteiger partial charge is 0.240 e. The van der Waals surface area contributed by atoms with Crippen LogP contribution < -0.4 is 4.72 Å². The summed E-state index contributed by atoms with van der Waals surface area (Å²) in [6.07, 6.45) is 9.03. The molecule has 0 amide bonds. The molecule has 1 fully saturated rings. The number of aromatic nitrogens is 3. The van der Waals surface area contributed by atoms with Gasteiger partial charge >= 0.3 is 0 Å². The summed E-state index contributed by atoms with van der Waals surface area (Å²) in [5.41, 5.74) is 3.89. The molecule has 2 aromatic heterocycles. The van der Waals surface area contributed by atoms with Crippen molar-refractivity contribution >= 4 is 10.0 Å². The van der Waals surface area contributed by atoms with Crippen molar-refractivity contribution in [2.75, 3.05) is 0 Å². The van der Waals surface area contributed by atoms with Gasteiger partial charge in [0.25, 0.3) is 0 Å². The average Bonchev–Trinajstić information content (AvgIpc) is 3.43. The molecule has 0 atom stereocenters. The van der Waals surface area contributed by atoms with Crippen LogP contribution in [0.15, 0.2) is 59.8 Å². The van der Waals surface area contributed by atoms with Gasteiger partial charge in [-0.15, -0.1) is 0 Å². The van der Waals surface area contributed by atoms with Crippen molar-refractivity contribution < 1.29 is 8.42 Å². The zero-order valence-corrected chi connectivity index (χ0v) is 17.4. The molecule has 1 N–H and O–H groups in total. The highest BCUT2D eigenvalue weighted by atomic mass is 32.2. The molecular formula is C22H26N4O2S. The number of sulfonamides is 1. The van der Waals surface area contributed by atoms with Gasteiger partial charge in [0.05, 0.1) is 28.9 Å². The third kappa shape index (κ3) is 4.41. The van der Waals surface area contributed by atoms with Crippen molar-refractivity contribution in [3.8, 4) is 11.3 Å². The number of hydrogen-bond donors (Lipinski definition) is 1. The van der Waals surface area contributed by atoms with Crippen LogP contribution in [-0.4, -0.2) is 23.2 Å². The van der Waals surface area contributed by atoms with Crippen LogP contribution in [0.5, 0.6) is 0 Å². The molecule has 0 bridgehead atoms. The lowest BCUT2D eigenvalue weighted by molar-refractivity contribution is 0.467. The van der Waals surface area contributed by atoms with Gasteiger partial charge in [0.1, 0.15) is 0 Å². The Kier molecular flexibility index (Phi) is 5.78. The topological polar surface area (TPSA) is 76.9 Å². The normalized spacial score (nSPS) is 15.1. The van der Waals surface area contributed by atoms with Crippen LogP contribution in [0.1, 0.15) is 49.9 Å². The first-order valence-corrected chi connectivity index (χ1v) is 11.6. The molecule has 1 aliphatic rings. The van der Waals surface area contributed by atoms with Gasteiger partial charge in [-0.05, 0) is 55.2 Å². The van der Waals surface area contributed by atoms with Gasteiger partial charge in [-0.1, -0.05) is 31.9 Å². The van der Waals surface area contributed by atoms with Gasteiger partial charge in [-0.3, -0.25) is 9.67 Å². The summed E-state index contributed by atoms with van der Waals surface area (Å²) in [5.74, 6) is 0. The molecule has 7 heteroatoms. The Morgan fingerprint density at radius 2 is 1.76 bits per heavy atom. The van der Waals surface area contributed by atoms with Crippen molar-refractivity contribution in [2.24, 2.45) is 0 Å². The quantitative estimate of drug-likeness (QED) is 0.636. The number of rotatable bonds is 7. The van der Waals surface area contributed by atoms with Crippen LogP contribution in [0.3, 0.4) is 0 Å². The first-order valence-electron chi connectivity index (χ1n) is 10.1. The van der Waals surface area contributed by atoms with E-state index in [1.807, 2.05) is 37.3 Å². The van der Waals surface area contributed by atoms with Gasteiger partial charge in [0.15, 0.2) is 0 Å². The summed E-state index contributed by atoms with van der Waals surface area (Å²) >= 11 is 0. The Labute approximate surface area is 172 Å². The van der Waals surface area contributed by atoms with Crippen molar-refractivity contribution in [2.45, 2.75) is 56.5 Å². The molecule has 6 nitrogen and oxygen atoms in total. The van der Waals surface area contributed by atoms with Gasteiger partial charge in [-0.25, -0.2) is 13.1 Å². The van der Waals surface area contributed by atoms with E-state index >= 15 is 0 Å². The fourth-order valence-corrected chi connectivity index (χ4v) is 4.85. The van der Waals surface area contributed by atoms with Gasteiger partial charge in [0, 0.05) is 18.0 Å². The van der Waals surface area contributed by atoms with Crippen LogP contribution >= 0.6 is 0 Å². The van der Waals surface area contributed by atoms with Gasteiger partial charge < -0.3 is 0 Å². The Bertz CT molecular complexity index is 1050. The second-order valence-corrected chi connectivity index (χ2v) is 9.23. The van der Waals surface area contributed by atoms with Gasteiger partial charge in [0.2, 0.25) is 10.0 Å². The van der Waals surface area contributed by atoms with Crippen LogP contribution in [0, 0.1) is 0 Å². The molecule has 1 aromatic carbocycles. The molecular weight excluding hydrogens is 384 g/mol. The maximum absolute atomic E-state index is 12.7. The molecule has 0 saturated heterocycles. The van der Waals surface area contributed by atoms with E-state index in [2.05, 4.69) is 14.4 Å². The minimum absolute atomic E-state index is 0.162. The average molecular weight is 411 g/mol. The number of aryl methyl sites for hydroxylation is 1. The largest absolute Gasteiger partial charge is 0.265 e. The van der Waals surface area contributed by atoms with Crippen molar-refractivity contribution in [1.82, 2.24) is 19.5 Å². The summed E-state index contributed by atoms with van der Waals surface area (Å²) in [6.45, 7) is 2.21. The van der Waals surface area contributed by atoms with E-state index in [-0.39, 0.29) is 11.4 Å². The highest BCUT2D eigenvalue weighted by Gasteiger charge is 2.23. The number of pyridine rings is 1. The highest BCUT2D eigenvalue weighted by molar-refractivity contribution is 7.89. The number of nitrogens with one attached hydrogen (secondary N) is 1. The molecule has 0 aliphatic heterocycles. The molecule has 0 radical (unpaired) electrons. The van der Waals surface area contributed by atoms with E-state index in [9.17, 15) is 8.42 Å². The van der Waals surface area contributed by atoms with Crippen molar-refractivity contribution in [3.63, 3.8) is 0 Å². The summed E-state index contributed by atoms with van der Waals surface area (Å²) in [5, 5.41) is 4.76. The molecule has 29 heavy (non-hydrogen) atoms. The standard InChI is InChI=1S/C22H26N4O2S/c1-2-17-7-9-21(10-8-17)29(27,28)24-16-19-15-22(18-11-13-23-14-12-18)26(25-19)20-5-3-4-6-20/h7-15,20,24H,2-6,16H2,1H3. The highest BCUT2D eigenvalue weighted by Crippen LogP contribution is 2.33. The van der Waals surface area contributed by atoms with Crippen LogP contribution in [-0.2, 0) is 23.0 Å². The van der Waals surface area contributed by atoms with E-state index in [0.29, 0.717) is 6.04 Å². The van der Waals surface area contributed by atoms with E-state index in [1.54, 1.807) is 24.5 Å². The van der Waals surface area contributed by atoms with Crippen LogP contribution in [0.4, 0.5) is 0 Å². The molecule has 0 unspecified atom stereocenters. The third-order valence-corrected chi connectivity index (χ3v) is 6.94. The Hall–Kier alpha value is -2.51. The molecule has 1 saturated carbocycles. The fraction of sp³-hybridized carbons (Fsp3) is 0.364. The lowest BCUT2D eigenvalue weighted by Crippen LogP contribution is -2.23. The predicted molar refractivity (Wildman–Crippen MR) is 113 cm³/mol. The van der Waals surface area contributed by atoms with Crippen molar-refractivity contribution in [3.05, 3.63) is 66.1 Å². The van der Waals surface area contributed by atoms with Crippen LogP contribution in [0.25, 0.3) is 11.3 Å². The molecule has 0 spiro atoms. The first-order chi connectivity index (χ1) is 14.1. The van der Waals surface area contributed by atoms with Crippen LogP contribution in [0.2, 0.25) is 0 Å². The second kappa shape index (κ2) is 8.47. The molecule has 2 heterocycles. The lowest BCUT2D eigenvalue weighted by Gasteiger charge is -2.14. The predicted octanol–water partition coefficient (Wildman–Crippen LogP) is 4.10. The maximum Gasteiger partial charge on any atom is 0.240 e. The minimum Gasteiger partial charge on any atom is -0.265 e. The summed E-state index contributed by atoms with van der Waals surface area (Å²) in [4.78, 5) is 4.38. The molecule has 3 aromatic rings. The van der Waals surface area contributed by atoms with E-state index < -0.39 is 10.0 Å². The molecule has 152 valence electrons. The zero-order chi connectivity index (χ0) is 20.3. The summed E-state index contributed by atoms with van der Waals surface area (Å²) < 4.78 is 30.1. The molecule has 1 aliphatic carbocycles. The first kappa shape index (κ1) is 19.8. The number of hydrogen-bond acceptors (Lipinski definition) is 4. The fourth-order valence-electron chi connectivity index (χ4n) is 3.85. The molecule has 4 rings (SSSR count). The Morgan fingerprint density at radius 3 is 2.41 bits per heavy atom. The second-order valence-electron chi connectivity index (χ2n) is 7.46. The maximum atomic E-state index is 12.7. The van der Waals surface area contributed by atoms with E-state index in [4.69, 9.17) is 5.10 Å². The Balaban J connectivity index is 1.57. The number of nitrogens with zero attached hydrogens (tertiary/aromatic N) is 3. The number of benzene rings is 1. The van der Waals surface area contributed by atoms with Gasteiger partial charge in [-0.2, -0.15) is 5.10 Å². The minimum atomic E-state index is -3.58. The zero-order valence-electron chi connectivity index (χ0n) is 16.6. The SMILES string of the molecule is CCc1ccc(S(=O)(=O)NCc2cc(-c3ccncc3)n(C3CCCC3)n2)cc1. The van der Waals surface area contributed by atoms with E-state index in [0.717, 1.165) is 41.8 Å². The van der Waals surface area contributed by atoms with Crippen molar-refractivity contribution in [1.29, 1.82) is 0 Å². The third-order valence-electron chi connectivity index (χ3n) is 5.52. The van der Waals surface area contributed by atoms with E-state index in [1.165, 1.54) is 12.8 Å². The summed E-state index contributed by atoms with van der Waals surface area (Å²) in [6, 6.07) is 13.3. The lowest BCUT2D eigenvalue weighted by atomic mass is 10.1. The summed E-state index contributed by atoms with van der Waals surface area (Å²) in [7, 11) is -3.58.